The molecule has 0 unspecified atom stereocenters. The zero-order valence-corrected chi connectivity index (χ0v) is 17.4. The molecular weight excluding hydrogens is 375 g/mol. The molecule has 0 aliphatic heterocycles. The van der Waals surface area contributed by atoms with Gasteiger partial charge in [0.15, 0.2) is 0 Å². The molecule has 0 saturated carbocycles. The number of hydrogen-bond donors (Lipinski definition) is 1. The Morgan fingerprint density at radius 2 is 1.11 bits per heavy atom. The van der Waals surface area contributed by atoms with Crippen molar-refractivity contribution in [3.63, 3.8) is 0 Å². The van der Waals surface area contributed by atoms with Crippen molar-refractivity contribution in [3.05, 3.63) is 77.9 Å². The third-order valence-corrected chi connectivity index (χ3v) is 6.33. The molecule has 0 aromatic heterocycles. The molecule has 0 aliphatic rings. The standard InChI is InChI=1S/C22H25O5P/c1-16-10-12-19(21(14-16)24-3)26-28(23,18-8-6-5-7-9-18)27-20-13-11-17(2)15-22(20)25-4/h5-15,23,28H,1-4H3. The van der Waals surface area contributed by atoms with Gasteiger partial charge in [-0.15, -0.1) is 0 Å². The molecule has 0 fully saturated rings. The van der Waals surface area contributed by atoms with Crippen LogP contribution < -0.4 is 23.8 Å². The van der Waals surface area contributed by atoms with E-state index in [0.29, 0.717) is 28.3 Å². The molecule has 3 aromatic rings. The van der Waals surface area contributed by atoms with E-state index < -0.39 is 7.94 Å². The summed E-state index contributed by atoms with van der Waals surface area (Å²) in [5, 5.41) is 0.570. The minimum absolute atomic E-state index is 0.414. The van der Waals surface area contributed by atoms with E-state index in [4.69, 9.17) is 18.5 Å². The zero-order valence-electron chi connectivity index (χ0n) is 16.4. The molecule has 1 N–H and O–H groups in total. The van der Waals surface area contributed by atoms with E-state index >= 15 is 0 Å². The fourth-order valence-electron chi connectivity index (χ4n) is 2.80. The first-order valence-electron chi connectivity index (χ1n) is 8.90. The summed E-state index contributed by atoms with van der Waals surface area (Å²) in [5.74, 6) is 1.89. The molecule has 3 aromatic carbocycles. The van der Waals surface area contributed by atoms with Crippen molar-refractivity contribution in [2.24, 2.45) is 0 Å². The van der Waals surface area contributed by atoms with E-state index in [-0.39, 0.29) is 0 Å². The first kappa shape index (κ1) is 20.0. The van der Waals surface area contributed by atoms with Gasteiger partial charge in [0.05, 0.1) is 0 Å². The van der Waals surface area contributed by atoms with Crippen LogP contribution >= 0.6 is 7.94 Å². The predicted octanol–water partition coefficient (Wildman–Crippen LogP) is 4.59. The van der Waals surface area contributed by atoms with Crippen LogP contribution in [0.2, 0.25) is 0 Å². The molecule has 0 saturated heterocycles. The summed E-state index contributed by atoms with van der Waals surface area (Å²) in [4.78, 5) is 11.6. The van der Waals surface area contributed by atoms with Gasteiger partial charge in [-0.3, -0.25) is 0 Å². The molecule has 6 heteroatoms. The number of ether oxygens (including phenoxy) is 2. The van der Waals surface area contributed by atoms with Crippen LogP contribution in [0.5, 0.6) is 23.0 Å². The fraction of sp³-hybridized carbons (Fsp3) is 0.182. The molecule has 5 nitrogen and oxygen atoms in total. The summed E-state index contributed by atoms with van der Waals surface area (Å²) < 4.78 is 23.0. The van der Waals surface area contributed by atoms with Crippen molar-refractivity contribution >= 4 is 13.2 Å². The molecular formula is C22H25O5P. The number of hydrogen-bond acceptors (Lipinski definition) is 5. The van der Waals surface area contributed by atoms with Gasteiger partial charge in [0.1, 0.15) is 0 Å². The SMILES string of the molecule is COc1cc(C)ccc1O[PH](O)(Oc1ccc(C)cc1OC)c1ccccc1. The van der Waals surface area contributed by atoms with E-state index in [1.165, 1.54) is 0 Å². The first-order chi connectivity index (χ1) is 13.4. The molecule has 0 heterocycles. The molecule has 0 amide bonds. The van der Waals surface area contributed by atoms with Crippen molar-refractivity contribution in [2.75, 3.05) is 14.2 Å². The van der Waals surface area contributed by atoms with E-state index in [2.05, 4.69) is 0 Å². The van der Waals surface area contributed by atoms with Crippen molar-refractivity contribution in [2.45, 2.75) is 13.8 Å². The van der Waals surface area contributed by atoms with Gasteiger partial charge in [-0.05, 0) is 0 Å². The first-order valence-corrected chi connectivity index (χ1v) is 10.7. The number of rotatable bonds is 7. The maximum atomic E-state index is 11.6. The van der Waals surface area contributed by atoms with Crippen molar-refractivity contribution in [1.29, 1.82) is 0 Å². The molecule has 0 spiro atoms. The van der Waals surface area contributed by atoms with Crippen molar-refractivity contribution in [1.82, 2.24) is 0 Å². The van der Waals surface area contributed by atoms with Gasteiger partial charge in [0, 0.05) is 0 Å². The fourth-order valence-corrected chi connectivity index (χ4v) is 4.63. The molecule has 0 bridgehead atoms. The van der Waals surface area contributed by atoms with Gasteiger partial charge in [-0.1, -0.05) is 0 Å². The van der Waals surface area contributed by atoms with Crippen LogP contribution in [0.15, 0.2) is 66.7 Å². The normalized spacial score (nSPS) is 11.6. The van der Waals surface area contributed by atoms with Gasteiger partial charge >= 0.3 is 166 Å². The van der Waals surface area contributed by atoms with Crippen LogP contribution in [0.25, 0.3) is 0 Å². The molecule has 148 valence electrons. The average molecular weight is 400 g/mol. The summed E-state index contributed by atoms with van der Waals surface area (Å²) in [6.45, 7) is 3.92. The summed E-state index contributed by atoms with van der Waals surface area (Å²) in [5.41, 5.74) is 2.05. The number of aryl methyl sites for hydroxylation is 2. The van der Waals surface area contributed by atoms with Gasteiger partial charge < -0.3 is 0 Å². The summed E-state index contributed by atoms with van der Waals surface area (Å²) in [6.07, 6.45) is 0. The van der Waals surface area contributed by atoms with Crippen molar-refractivity contribution < 1.29 is 23.4 Å². The van der Waals surface area contributed by atoms with Crippen LogP contribution in [-0.4, -0.2) is 19.1 Å². The van der Waals surface area contributed by atoms with E-state index in [1.54, 1.807) is 38.5 Å². The second-order valence-corrected chi connectivity index (χ2v) is 8.61. The van der Waals surface area contributed by atoms with Crippen LogP contribution in [0.1, 0.15) is 11.1 Å². The van der Waals surface area contributed by atoms with Gasteiger partial charge in [-0.2, -0.15) is 0 Å². The molecule has 0 atom stereocenters. The van der Waals surface area contributed by atoms with E-state index in [1.807, 2.05) is 56.3 Å². The van der Waals surface area contributed by atoms with Crippen LogP contribution in [0.3, 0.4) is 0 Å². The number of benzene rings is 3. The summed E-state index contributed by atoms with van der Waals surface area (Å²) in [6, 6.07) is 20.1. The topological polar surface area (TPSA) is 57.2 Å². The van der Waals surface area contributed by atoms with Crippen LogP contribution in [0, 0.1) is 13.8 Å². The monoisotopic (exact) mass is 400 g/mol. The Morgan fingerprint density at radius 1 is 0.643 bits per heavy atom. The third kappa shape index (κ3) is 4.38. The molecule has 0 radical (unpaired) electrons. The molecule has 0 aliphatic carbocycles. The molecule has 3 rings (SSSR count). The van der Waals surface area contributed by atoms with Crippen LogP contribution in [-0.2, 0) is 0 Å². The van der Waals surface area contributed by atoms with Crippen molar-refractivity contribution in [3.8, 4) is 23.0 Å². The Morgan fingerprint density at radius 3 is 1.54 bits per heavy atom. The average Bonchev–Trinajstić information content (AvgIpc) is 2.71. The predicted molar refractivity (Wildman–Crippen MR) is 113 cm³/mol. The van der Waals surface area contributed by atoms with Gasteiger partial charge in [-0.25, -0.2) is 0 Å². The van der Waals surface area contributed by atoms with E-state index in [0.717, 1.165) is 11.1 Å². The number of methoxy groups -OCH3 is 2. The third-order valence-electron chi connectivity index (χ3n) is 4.27. The molecule has 28 heavy (non-hydrogen) atoms. The second-order valence-electron chi connectivity index (χ2n) is 6.46. The zero-order chi connectivity index (χ0) is 20.1. The summed E-state index contributed by atoms with van der Waals surface area (Å²) >= 11 is 0. The quantitative estimate of drug-likeness (QED) is 0.588. The Labute approximate surface area is 166 Å². The maximum absolute atomic E-state index is 11.6. The van der Waals surface area contributed by atoms with Crippen LogP contribution in [0.4, 0.5) is 0 Å². The Bertz CT molecular complexity index is 887. The Hall–Kier alpha value is -2.75. The Kier molecular flexibility index (Phi) is 6.08. The van der Waals surface area contributed by atoms with E-state index in [9.17, 15) is 4.89 Å². The van der Waals surface area contributed by atoms with Gasteiger partial charge in [0.25, 0.3) is 0 Å². The Balaban J connectivity index is 2.05. The minimum atomic E-state index is -3.90. The van der Waals surface area contributed by atoms with Gasteiger partial charge in [0.2, 0.25) is 0 Å². The second kappa shape index (κ2) is 8.51. The summed E-state index contributed by atoms with van der Waals surface area (Å²) in [7, 11) is -0.769.